The van der Waals surface area contributed by atoms with Gasteiger partial charge in [-0.1, -0.05) is 6.92 Å². The Labute approximate surface area is 323 Å². The second-order valence-corrected chi connectivity index (χ2v) is 15.9. The molecule has 10 unspecified atom stereocenters. The molecule has 3 fully saturated rings. The molecule has 2 aliphatic carbocycles. The molecule has 0 aromatic heterocycles. The van der Waals surface area contributed by atoms with E-state index in [1.807, 2.05) is 19.0 Å². The first-order valence-corrected chi connectivity index (χ1v) is 19.2. The number of fused-ring (bicyclic) bond motifs is 3. The number of aliphatic hydroxyl groups excluding tert-OH is 2. The molecular formula is C40H51NO15. The number of ketones is 3. The van der Waals surface area contributed by atoms with Gasteiger partial charge >= 0.3 is 0 Å². The highest BCUT2D eigenvalue weighted by molar-refractivity contribution is 6.31. The van der Waals surface area contributed by atoms with Crippen molar-refractivity contribution >= 4 is 17.3 Å². The van der Waals surface area contributed by atoms with Gasteiger partial charge in [0.1, 0.15) is 41.7 Å². The number of likely N-dealkylation sites (N-methyl/N-ethyl adjacent to an activating group) is 1. The fraction of sp³-hybridized carbons (Fsp3) is 0.625. The highest BCUT2D eigenvalue weighted by Gasteiger charge is 2.52. The van der Waals surface area contributed by atoms with E-state index in [0.29, 0.717) is 12.8 Å². The third-order valence-corrected chi connectivity index (χ3v) is 12.0. The second kappa shape index (κ2) is 15.3. The number of hydrogen-bond donors (Lipinski definition) is 6. The second-order valence-electron chi connectivity index (χ2n) is 15.9. The average Bonchev–Trinajstić information content (AvgIpc) is 3.13. The van der Waals surface area contributed by atoms with E-state index in [4.69, 9.17) is 28.4 Å². The summed E-state index contributed by atoms with van der Waals surface area (Å²) >= 11 is 0. The minimum absolute atomic E-state index is 0.00363. The molecule has 0 bridgehead atoms. The van der Waals surface area contributed by atoms with Gasteiger partial charge in [-0.3, -0.25) is 14.4 Å². The predicted octanol–water partition coefficient (Wildman–Crippen LogP) is 2.64. The summed E-state index contributed by atoms with van der Waals surface area (Å²) in [4.78, 5) is 41.3. The molecule has 3 heterocycles. The number of aliphatic hydroxyl groups is 3. The zero-order valence-corrected chi connectivity index (χ0v) is 32.2. The summed E-state index contributed by atoms with van der Waals surface area (Å²) in [7, 11) is 3.71. The van der Waals surface area contributed by atoms with Crippen LogP contribution in [-0.4, -0.2) is 134 Å². The van der Waals surface area contributed by atoms with E-state index in [-0.39, 0.29) is 54.2 Å². The summed E-state index contributed by atoms with van der Waals surface area (Å²) in [6.07, 6.45) is -8.39. The number of Topliss-reactive ketones (excluding diaryl/α,β-unsaturated/α-hetero) is 1. The van der Waals surface area contributed by atoms with Crippen LogP contribution in [0.2, 0.25) is 0 Å². The van der Waals surface area contributed by atoms with Crippen molar-refractivity contribution in [3.63, 3.8) is 0 Å². The van der Waals surface area contributed by atoms with Crippen LogP contribution < -0.4 is 0 Å². The lowest BCUT2D eigenvalue weighted by Gasteiger charge is -2.49. The first-order chi connectivity index (χ1) is 26.4. The summed E-state index contributed by atoms with van der Waals surface area (Å²) in [5.74, 6) is -3.54. The first kappa shape index (κ1) is 40.6. The van der Waals surface area contributed by atoms with E-state index in [1.165, 1.54) is 6.07 Å². The van der Waals surface area contributed by atoms with Crippen molar-refractivity contribution in [1.29, 1.82) is 0 Å². The van der Waals surface area contributed by atoms with Crippen LogP contribution in [0.1, 0.15) is 121 Å². The molecular weight excluding hydrogens is 734 g/mol. The van der Waals surface area contributed by atoms with Crippen LogP contribution in [0.15, 0.2) is 18.2 Å². The number of phenolic OH excluding ortho intramolecular Hbond substituents is 3. The first-order valence-electron chi connectivity index (χ1n) is 19.2. The van der Waals surface area contributed by atoms with Crippen molar-refractivity contribution in [1.82, 2.24) is 4.90 Å². The standard InChI is InChI=1S/C40H51NO15/c1-7-40(50)15-26(46)19-12-20-30(36(49)33-24(44)9-8-23(43)32(33)34(20)47)35(48)31(19)39(40)56-28-13-21(41(5)6)37(17(3)52-28)55-29-14-25(45)38(18(4)53-29)54-27-11-10-22(42)16(2)51-27/h8-9,12,16-18,21,25-29,37-39,43-46,48,50H,7,10-11,13-15H2,1-6H3/t16?,17?,18?,21?,25?,26-,27?,28?,29?,37?,38?,39+,40+/m0/s1. The summed E-state index contributed by atoms with van der Waals surface area (Å²) in [6.45, 7) is 6.92. The predicted molar refractivity (Wildman–Crippen MR) is 193 cm³/mol. The van der Waals surface area contributed by atoms with Gasteiger partial charge in [-0.05, 0) is 65.0 Å². The van der Waals surface area contributed by atoms with Crippen molar-refractivity contribution in [2.24, 2.45) is 0 Å². The van der Waals surface area contributed by atoms with Crippen LogP contribution in [0.3, 0.4) is 0 Å². The van der Waals surface area contributed by atoms with Gasteiger partial charge in [-0.15, -0.1) is 0 Å². The van der Waals surface area contributed by atoms with Gasteiger partial charge < -0.3 is 64.0 Å². The normalized spacial score (nSPS) is 37.3. The van der Waals surface area contributed by atoms with Gasteiger partial charge in [-0.25, -0.2) is 0 Å². The van der Waals surface area contributed by atoms with Crippen LogP contribution >= 0.6 is 0 Å². The molecule has 3 aliphatic heterocycles. The summed E-state index contributed by atoms with van der Waals surface area (Å²) in [5.41, 5.74) is -3.41. The molecule has 7 rings (SSSR count). The quantitative estimate of drug-likeness (QED) is 0.180. The molecule has 16 heteroatoms. The van der Waals surface area contributed by atoms with Crippen LogP contribution in [0.4, 0.5) is 0 Å². The van der Waals surface area contributed by atoms with Crippen molar-refractivity contribution in [2.75, 3.05) is 14.1 Å². The topological polar surface area (TPSA) is 231 Å². The Morgan fingerprint density at radius 1 is 0.821 bits per heavy atom. The van der Waals surface area contributed by atoms with E-state index in [1.54, 1.807) is 27.7 Å². The maximum atomic E-state index is 13.8. The van der Waals surface area contributed by atoms with Crippen LogP contribution in [0.5, 0.6) is 17.2 Å². The van der Waals surface area contributed by atoms with Crippen molar-refractivity contribution in [2.45, 2.75) is 146 Å². The van der Waals surface area contributed by atoms with E-state index >= 15 is 0 Å². The lowest BCUT2D eigenvalue weighted by Crippen LogP contribution is -2.58. The van der Waals surface area contributed by atoms with Crippen molar-refractivity contribution < 1.29 is 73.4 Å². The molecule has 3 saturated heterocycles. The Kier molecular flexibility index (Phi) is 11.1. The molecule has 13 atom stereocenters. The SMILES string of the molecule is CC[C@@]1(O)C[C@H](O)c2cc3c(c(O)c2[C@H]1OC1CC(N(C)C)C(OC2CC(O)C(OC4CCC(=O)C(C)O4)C(C)O2)C(C)O1)C(=O)c1c(O)ccc(O)c1C3=O. The Hall–Kier alpha value is -3.55. The fourth-order valence-electron chi connectivity index (χ4n) is 8.86. The lowest BCUT2D eigenvalue weighted by atomic mass is 9.71. The van der Waals surface area contributed by atoms with E-state index in [9.17, 15) is 45.0 Å². The third kappa shape index (κ3) is 7.03. The average molecular weight is 786 g/mol. The number of carbonyl (C=O) groups excluding carboxylic acids is 3. The van der Waals surface area contributed by atoms with Crippen molar-refractivity contribution in [3.05, 3.63) is 51.6 Å². The molecule has 0 radical (unpaired) electrons. The monoisotopic (exact) mass is 785 g/mol. The fourth-order valence-corrected chi connectivity index (χ4v) is 8.86. The minimum atomic E-state index is -1.76. The van der Waals surface area contributed by atoms with Crippen molar-refractivity contribution in [3.8, 4) is 17.2 Å². The zero-order chi connectivity index (χ0) is 40.5. The number of nitrogens with zero attached hydrogens (tertiary/aromatic N) is 1. The van der Waals surface area contributed by atoms with E-state index < -0.39 is 119 Å². The Morgan fingerprint density at radius 2 is 1.43 bits per heavy atom. The molecule has 6 N–H and O–H groups in total. The van der Waals surface area contributed by atoms with Crippen LogP contribution in [0.25, 0.3) is 0 Å². The Bertz CT molecular complexity index is 1870. The molecule has 2 aromatic carbocycles. The Balaban J connectivity index is 1.11. The van der Waals surface area contributed by atoms with Gasteiger partial charge in [0.15, 0.2) is 30.4 Å². The largest absolute Gasteiger partial charge is 0.507 e. The number of aromatic hydroxyl groups is 3. The maximum absolute atomic E-state index is 13.8. The highest BCUT2D eigenvalue weighted by Crippen LogP contribution is 2.54. The molecule has 56 heavy (non-hydrogen) atoms. The van der Waals surface area contributed by atoms with E-state index in [0.717, 1.165) is 12.1 Å². The number of benzene rings is 2. The molecule has 16 nitrogen and oxygen atoms in total. The smallest absolute Gasteiger partial charge is 0.202 e. The van der Waals surface area contributed by atoms with Gasteiger partial charge in [0, 0.05) is 49.3 Å². The molecule has 306 valence electrons. The summed E-state index contributed by atoms with van der Waals surface area (Å²) in [5, 5.41) is 67.3. The van der Waals surface area contributed by atoms with Crippen LogP contribution in [0, 0.1) is 0 Å². The molecule has 2 aromatic rings. The molecule has 0 spiro atoms. The minimum Gasteiger partial charge on any atom is -0.507 e. The Morgan fingerprint density at radius 3 is 2.04 bits per heavy atom. The van der Waals surface area contributed by atoms with Gasteiger partial charge in [0.2, 0.25) is 5.78 Å². The number of phenols is 3. The highest BCUT2D eigenvalue weighted by atomic mass is 16.7. The number of ether oxygens (including phenoxy) is 6. The molecule has 0 saturated carbocycles. The van der Waals surface area contributed by atoms with E-state index in [2.05, 4.69) is 0 Å². The zero-order valence-electron chi connectivity index (χ0n) is 32.2. The summed E-state index contributed by atoms with van der Waals surface area (Å²) < 4.78 is 37.3. The lowest BCUT2D eigenvalue weighted by molar-refractivity contribution is -0.328. The van der Waals surface area contributed by atoms with Gasteiger partial charge in [0.05, 0.1) is 46.7 Å². The summed E-state index contributed by atoms with van der Waals surface area (Å²) in [6, 6.07) is 3.07. The number of hydrogen-bond acceptors (Lipinski definition) is 16. The maximum Gasteiger partial charge on any atom is 0.202 e. The molecule has 5 aliphatic rings. The van der Waals surface area contributed by atoms with Crippen LogP contribution in [-0.2, 0) is 33.2 Å². The van der Waals surface area contributed by atoms with Gasteiger partial charge in [0.25, 0.3) is 0 Å². The van der Waals surface area contributed by atoms with Gasteiger partial charge in [-0.2, -0.15) is 0 Å². The third-order valence-electron chi connectivity index (χ3n) is 12.0. The number of carbonyl (C=O) groups is 3. The number of rotatable bonds is 8. The molecule has 0 amide bonds.